The van der Waals surface area contributed by atoms with Crippen LogP contribution in [0.5, 0.6) is 5.75 Å². The first-order chi connectivity index (χ1) is 11.4. The number of nitrogens with zero attached hydrogens (tertiary/aromatic N) is 2. The summed E-state index contributed by atoms with van der Waals surface area (Å²) < 4.78 is 5.19. The van der Waals surface area contributed by atoms with Crippen molar-refractivity contribution in [1.29, 1.82) is 0 Å². The van der Waals surface area contributed by atoms with Gasteiger partial charge in [0.2, 0.25) is 5.91 Å². The van der Waals surface area contributed by atoms with Crippen molar-refractivity contribution < 1.29 is 9.53 Å². The Kier molecular flexibility index (Phi) is 6.67. The fraction of sp³-hybridized carbons (Fsp3) is 0.650. The van der Waals surface area contributed by atoms with Crippen LogP contribution in [-0.2, 0) is 11.2 Å². The van der Waals surface area contributed by atoms with Gasteiger partial charge in [-0.1, -0.05) is 32.9 Å². The van der Waals surface area contributed by atoms with Crippen LogP contribution in [0.4, 0.5) is 0 Å². The molecular weight excluding hydrogens is 300 g/mol. The summed E-state index contributed by atoms with van der Waals surface area (Å²) in [4.78, 5) is 16.8. The van der Waals surface area contributed by atoms with E-state index >= 15 is 0 Å². The number of amides is 1. The quantitative estimate of drug-likeness (QED) is 0.802. The van der Waals surface area contributed by atoms with Crippen molar-refractivity contribution in [3.8, 4) is 5.75 Å². The van der Waals surface area contributed by atoms with Gasteiger partial charge in [0.1, 0.15) is 5.75 Å². The third-order valence-electron chi connectivity index (χ3n) is 4.51. The minimum atomic E-state index is 0.0760. The van der Waals surface area contributed by atoms with Crippen LogP contribution in [-0.4, -0.2) is 55.5 Å². The standard InChI is InChI=1S/C20H32N2O2/c1-20(2,3)16-19(23)22-14-12-21(13-15-22)11-5-6-17-7-9-18(24-4)10-8-17/h7-10H,5-6,11-16H2,1-4H3. The van der Waals surface area contributed by atoms with E-state index in [9.17, 15) is 4.79 Å². The maximum absolute atomic E-state index is 12.3. The van der Waals surface area contributed by atoms with Gasteiger partial charge in [0.15, 0.2) is 0 Å². The number of hydrogen-bond acceptors (Lipinski definition) is 3. The fourth-order valence-electron chi connectivity index (χ4n) is 3.09. The summed E-state index contributed by atoms with van der Waals surface area (Å²) in [7, 11) is 1.70. The Morgan fingerprint density at radius 2 is 1.71 bits per heavy atom. The summed E-state index contributed by atoms with van der Waals surface area (Å²) in [5.41, 5.74) is 1.43. The van der Waals surface area contributed by atoms with Crippen LogP contribution in [0.15, 0.2) is 24.3 Å². The van der Waals surface area contributed by atoms with Gasteiger partial charge >= 0.3 is 0 Å². The predicted octanol–water partition coefficient (Wildman–Crippen LogP) is 3.21. The molecule has 0 saturated carbocycles. The summed E-state index contributed by atoms with van der Waals surface area (Å²) in [6, 6.07) is 8.33. The highest BCUT2D eigenvalue weighted by atomic mass is 16.5. The maximum atomic E-state index is 12.3. The van der Waals surface area contributed by atoms with Gasteiger partial charge in [-0.3, -0.25) is 9.69 Å². The van der Waals surface area contributed by atoms with Crippen molar-refractivity contribution in [3.05, 3.63) is 29.8 Å². The molecule has 24 heavy (non-hydrogen) atoms. The molecule has 0 unspecified atom stereocenters. The highest BCUT2D eigenvalue weighted by Gasteiger charge is 2.24. The molecule has 1 aromatic carbocycles. The molecule has 1 aromatic rings. The highest BCUT2D eigenvalue weighted by molar-refractivity contribution is 5.76. The summed E-state index contributed by atoms with van der Waals surface area (Å²) in [5.74, 6) is 1.22. The van der Waals surface area contributed by atoms with Crippen LogP contribution in [0.25, 0.3) is 0 Å². The average molecular weight is 332 g/mol. The molecule has 1 amide bonds. The zero-order valence-electron chi connectivity index (χ0n) is 15.7. The molecule has 0 bridgehead atoms. The maximum Gasteiger partial charge on any atom is 0.223 e. The Labute approximate surface area is 146 Å². The molecule has 4 nitrogen and oxygen atoms in total. The first kappa shape index (κ1) is 18.8. The van der Waals surface area contributed by atoms with Gasteiger partial charge in [-0.05, 0) is 42.5 Å². The number of methoxy groups -OCH3 is 1. The Morgan fingerprint density at radius 1 is 1.08 bits per heavy atom. The molecule has 1 aliphatic rings. The van der Waals surface area contributed by atoms with Gasteiger partial charge in [-0.15, -0.1) is 0 Å². The summed E-state index contributed by atoms with van der Waals surface area (Å²) >= 11 is 0. The first-order valence-corrected chi connectivity index (χ1v) is 9.00. The lowest BCUT2D eigenvalue weighted by Gasteiger charge is -2.36. The molecule has 1 aliphatic heterocycles. The SMILES string of the molecule is COc1ccc(CCCN2CCN(C(=O)CC(C)(C)C)CC2)cc1. The van der Waals surface area contributed by atoms with E-state index in [1.807, 2.05) is 17.0 Å². The number of hydrogen-bond donors (Lipinski definition) is 0. The normalized spacial score (nSPS) is 16.2. The second-order valence-electron chi connectivity index (χ2n) is 7.91. The van der Waals surface area contributed by atoms with Gasteiger partial charge in [0.05, 0.1) is 7.11 Å². The zero-order valence-corrected chi connectivity index (χ0v) is 15.7. The van der Waals surface area contributed by atoms with Crippen molar-refractivity contribution >= 4 is 5.91 Å². The third kappa shape index (κ3) is 6.16. The molecule has 1 saturated heterocycles. The molecular formula is C20H32N2O2. The Bertz CT molecular complexity index is 511. The Hall–Kier alpha value is -1.55. The highest BCUT2D eigenvalue weighted by Crippen LogP contribution is 2.20. The van der Waals surface area contributed by atoms with Crippen LogP contribution in [0.1, 0.15) is 39.2 Å². The third-order valence-corrected chi connectivity index (χ3v) is 4.51. The van der Waals surface area contributed by atoms with E-state index < -0.39 is 0 Å². The molecule has 0 N–H and O–H groups in total. The second-order valence-corrected chi connectivity index (χ2v) is 7.91. The van der Waals surface area contributed by atoms with Crippen LogP contribution in [0, 0.1) is 5.41 Å². The molecule has 0 atom stereocenters. The van der Waals surface area contributed by atoms with Crippen LogP contribution in [0.3, 0.4) is 0 Å². The van der Waals surface area contributed by atoms with Gasteiger partial charge in [0, 0.05) is 32.6 Å². The van der Waals surface area contributed by atoms with E-state index in [-0.39, 0.29) is 5.41 Å². The number of carbonyl (C=O) groups is 1. The van der Waals surface area contributed by atoms with E-state index in [0.29, 0.717) is 12.3 Å². The second kappa shape index (κ2) is 8.52. The summed E-state index contributed by atoms with van der Waals surface area (Å²) in [5, 5.41) is 0. The smallest absolute Gasteiger partial charge is 0.223 e. The summed E-state index contributed by atoms with van der Waals surface area (Å²) in [6.45, 7) is 11.2. The molecule has 0 aliphatic carbocycles. The molecule has 0 spiro atoms. The number of rotatable bonds is 6. The molecule has 1 fully saturated rings. The van der Waals surface area contributed by atoms with Crippen molar-refractivity contribution in [1.82, 2.24) is 9.80 Å². The minimum Gasteiger partial charge on any atom is -0.497 e. The fourth-order valence-corrected chi connectivity index (χ4v) is 3.09. The lowest BCUT2D eigenvalue weighted by Crippen LogP contribution is -2.49. The molecule has 1 heterocycles. The molecule has 0 radical (unpaired) electrons. The number of ether oxygens (including phenoxy) is 1. The van der Waals surface area contributed by atoms with Crippen LogP contribution >= 0.6 is 0 Å². The van der Waals surface area contributed by atoms with E-state index in [1.165, 1.54) is 5.56 Å². The first-order valence-electron chi connectivity index (χ1n) is 9.00. The van der Waals surface area contributed by atoms with Crippen molar-refractivity contribution in [2.75, 3.05) is 39.8 Å². The van der Waals surface area contributed by atoms with E-state index in [1.54, 1.807) is 7.11 Å². The number of aryl methyl sites for hydroxylation is 1. The van der Waals surface area contributed by atoms with Gasteiger partial charge in [-0.2, -0.15) is 0 Å². The Morgan fingerprint density at radius 3 is 2.25 bits per heavy atom. The molecule has 2 rings (SSSR count). The number of carbonyl (C=O) groups excluding carboxylic acids is 1. The van der Waals surface area contributed by atoms with Crippen molar-refractivity contribution in [2.45, 2.75) is 40.0 Å². The molecule has 4 heteroatoms. The van der Waals surface area contributed by atoms with E-state index in [4.69, 9.17) is 4.74 Å². The molecule has 134 valence electrons. The Balaban J connectivity index is 1.66. The van der Waals surface area contributed by atoms with Crippen molar-refractivity contribution in [3.63, 3.8) is 0 Å². The lowest BCUT2D eigenvalue weighted by atomic mass is 9.91. The lowest BCUT2D eigenvalue weighted by molar-refractivity contribution is -0.134. The van der Waals surface area contributed by atoms with E-state index in [2.05, 4.69) is 37.8 Å². The zero-order chi connectivity index (χ0) is 17.6. The van der Waals surface area contributed by atoms with Gasteiger partial charge < -0.3 is 9.64 Å². The van der Waals surface area contributed by atoms with E-state index in [0.717, 1.165) is 51.3 Å². The van der Waals surface area contributed by atoms with Crippen LogP contribution in [0.2, 0.25) is 0 Å². The monoisotopic (exact) mass is 332 g/mol. The number of piperazine rings is 1. The topological polar surface area (TPSA) is 32.8 Å². The summed E-state index contributed by atoms with van der Waals surface area (Å²) in [6.07, 6.45) is 2.89. The minimum absolute atomic E-state index is 0.0760. The number of benzene rings is 1. The largest absolute Gasteiger partial charge is 0.497 e. The predicted molar refractivity (Wildman–Crippen MR) is 98.4 cm³/mol. The molecule has 0 aromatic heterocycles. The average Bonchev–Trinajstić information content (AvgIpc) is 2.54. The van der Waals surface area contributed by atoms with Crippen LogP contribution < -0.4 is 4.74 Å². The van der Waals surface area contributed by atoms with Gasteiger partial charge in [0.25, 0.3) is 0 Å². The van der Waals surface area contributed by atoms with Crippen molar-refractivity contribution in [2.24, 2.45) is 5.41 Å². The van der Waals surface area contributed by atoms with Gasteiger partial charge in [-0.25, -0.2) is 0 Å².